The zero-order chi connectivity index (χ0) is 11.4. The summed E-state index contributed by atoms with van der Waals surface area (Å²) in [5, 5.41) is 3.36. The lowest BCUT2D eigenvalue weighted by atomic mass is 10.1. The number of halogens is 1. The highest BCUT2D eigenvalue weighted by Crippen LogP contribution is 2.11. The first-order chi connectivity index (χ1) is 7.06. The fourth-order valence-electron chi connectivity index (χ4n) is 1.93. The number of hydrogen-bond acceptors (Lipinski definition) is 3. The highest BCUT2D eigenvalue weighted by atomic mass is 35.5. The van der Waals surface area contributed by atoms with Crippen LogP contribution in [0.5, 0.6) is 0 Å². The number of carbonyl (C=O) groups is 1. The predicted octanol–water partition coefficient (Wildman–Crippen LogP) is 0.899. The van der Waals surface area contributed by atoms with Gasteiger partial charge in [0.1, 0.15) is 0 Å². The van der Waals surface area contributed by atoms with Crippen molar-refractivity contribution in [3.05, 3.63) is 0 Å². The molecule has 0 aliphatic carbocycles. The summed E-state index contributed by atoms with van der Waals surface area (Å²) in [6.07, 6.45) is 0. The summed E-state index contributed by atoms with van der Waals surface area (Å²) >= 11 is 0. The molecule has 4 nitrogen and oxygen atoms in total. The van der Waals surface area contributed by atoms with Crippen molar-refractivity contribution in [2.75, 3.05) is 26.8 Å². The molecule has 0 bridgehead atoms. The van der Waals surface area contributed by atoms with Gasteiger partial charge in [0.2, 0.25) is 5.91 Å². The number of piperazine rings is 1. The van der Waals surface area contributed by atoms with Gasteiger partial charge in [-0.05, 0) is 13.8 Å². The van der Waals surface area contributed by atoms with Gasteiger partial charge in [0.25, 0.3) is 0 Å². The van der Waals surface area contributed by atoms with Crippen molar-refractivity contribution in [2.24, 2.45) is 5.92 Å². The Labute approximate surface area is 104 Å². The highest BCUT2D eigenvalue weighted by molar-refractivity contribution is 5.85. The topological polar surface area (TPSA) is 41.6 Å². The van der Waals surface area contributed by atoms with E-state index >= 15 is 0 Å². The molecular weight excluding hydrogens is 228 g/mol. The van der Waals surface area contributed by atoms with Gasteiger partial charge in [-0.1, -0.05) is 6.92 Å². The van der Waals surface area contributed by atoms with Crippen LogP contribution in [0.1, 0.15) is 20.8 Å². The molecule has 0 aromatic heterocycles. The Morgan fingerprint density at radius 1 is 1.56 bits per heavy atom. The number of ether oxygens (including phenoxy) is 1. The predicted molar refractivity (Wildman–Crippen MR) is 66.9 cm³/mol. The summed E-state index contributed by atoms with van der Waals surface area (Å²) in [5.74, 6) is 0.167. The van der Waals surface area contributed by atoms with Gasteiger partial charge in [-0.2, -0.15) is 0 Å². The van der Waals surface area contributed by atoms with Crippen LogP contribution < -0.4 is 5.32 Å². The van der Waals surface area contributed by atoms with Crippen LogP contribution in [0.2, 0.25) is 0 Å². The second-order valence-corrected chi connectivity index (χ2v) is 4.51. The Morgan fingerprint density at radius 3 is 2.75 bits per heavy atom. The van der Waals surface area contributed by atoms with Gasteiger partial charge in [0, 0.05) is 32.3 Å². The standard InChI is InChI=1S/C11H22N2O2.ClH/c1-8(7-15-4)11(14)13-6-9(2)12-5-10(13)3;/h8-10,12H,5-7H2,1-4H3;1H. The van der Waals surface area contributed by atoms with Crippen molar-refractivity contribution in [3.63, 3.8) is 0 Å². The number of nitrogens with zero attached hydrogens (tertiary/aromatic N) is 1. The first kappa shape index (κ1) is 15.7. The van der Waals surface area contributed by atoms with E-state index in [-0.39, 0.29) is 30.3 Å². The lowest BCUT2D eigenvalue weighted by Crippen LogP contribution is -2.57. The van der Waals surface area contributed by atoms with Gasteiger partial charge in [-0.3, -0.25) is 4.79 Å². The second kappa shape index (κ2) is 7.09. The minimum atomic E-state index is -0.0391. The Hall–Kier alpha value is -0.320. The molecule has 1 rings (SSSR count). The van der Waals surface area contributed by atoms with Crippen LogP contribution in [0, 0.1) is 5.92 Å². The molecule has 1 fully saturated rings. The molecule has 0 saturated carbocycles. The molecule has 1 amide bonds. The van der Waals surface area contributed by atoms with Crippen molar-refractivity contribution in [3.8, 4) is 0 Å². The number of amides is 1. The SMILES string of the molecule is COCC(C)C(=O)N1CC(C)NCC1C.Cl. The van der Waals surface area contributed by atoms with Crippen LogP contribution in [-0.4, -0.2) is 49.7 Å². The quantitative estimate of drug-likeness (QED) is 0.809. The molecule has 1 saturated heterocycles. The number of rotatable bonds is 3. The third-order valence-corrected chi connectivity index (χ3v) is 2.89. The molecule has 1 heterocycles. The number of nitrogens with one attached hydrogen (secondary N) is 1. The van der Waals surface area contributed by atoms with Gasteiger partial charge in [-0.15, -0.1) is 12.4 Å². The molecule has 96 valence electrons. The van der Waals surface area contributed by atoms with E-state index in [2.05, 4.69) is 19.2 Å². The van der Waals surface area contributed by atoms with Crippen LogP contribution in [0.4, 0.5) is 0 Å². The molecule has 0 spiro atoms. The molecule has 0 aromatic rings. The van der Waals surface area contributed by atoms with E-state index in [1.54, 1.807) is 7.11 Å². The average molecular weight is 251 g/mol. The van der Waals surface area contributed by atoms with Gasteiger partial charge in [0.15, 0.2) is 0 Å². The molecule has 1 aliphatic rings. The van der Waals surface area contributed by atoms with E-state index in [0.29, 0.717) is 12.6 Å². The summed E-state index contributed by atoms with van der Waals surface area (Å²) in [7, 11) is 1.63. The van der Waals surface area contributed by atoms with Crippen molar-refractivity contribution < 1.29 is 9.53 Å². The summed E-state index contributed by atoms with van der Waals surface area (Å²) < 4.78 is 5.01. The van der Waals surface area contributed by atoms with E-state index in [4.69, 9.17) is 4.74 Å². The largest absolute Gasteiger partial charge is 0.384 e. The first-order valence-corrected chi connectivity index (χ1v) is 5.59. The summed E-state index contributed by atoms with van der Waals surface area (Å²) in [6, 6.07) is 0.674. The van der Waals surface area contributed by atoms with Crippen molar-refractivity contribution >= 4 is 18.3 Å². The Kier molecular flexibility index (Phi) is 6.95. The monoisotopic (exact) mass is 250 g/mol. The fourth-order valence-corrected chi connectivity index (χ4v) is 1.93. The Balaban J connectivity index is 0.00000225. The maximum atomic E-state index is 12.1. The lowest BCUT2D eigenvalue weighted by molar-refractivity contribution is -0.140. The second-order valence-electron chi connectivity index (χ2n) is 4.51. The van der Waals surface area contributed by atoms with Crippen LogP contribution in [0.25, 0.3) is 0 Å². The van der Waals surface area contributed by atoms with E-state index in [1.807, 2.05) is 11.8 Å². The van der Waals surface area contributed by atoms with E-state index < -0.39 is 0 Å². The highest BCUT2D eigenvalue weighted by Gasteiger charge is 2.29. The number of hydrogen-bond donors (Lipinski definition) is 1. The summed E-state index contributed by atoms with van der Waals surface area (Å²) in [4.78, 5) is 14.0. The van der Waals surface area contributed by atoms with Crippen molar-refractivity contribution in [1.82, 2.24) is 10.2 Å². The zero-order valence-electron chi connectivity index (χ0n) is 10.5. The molecule has 3 atom stereocenters. The molecular formula is C11H23ClN2O2. The van der Waals surface area contributed by atoms with Gasteiger partial charge >= 0.3 is 0 Å². The zero-order valence-corrected chi connectivity index (χ0v) is 11.3. The molecule has 1 N–H and O–H groups in total. The number of carbonyl (C=O) groups excluding carboxylic acids is 1. The fraction of sp³-hybridized carbons (Fsp3) is 0.909. The van der Waals surface area contributed by atoms with E-state index in [0.717, 1.165) is 13.1 Å². The minimum Gasteiger partial charge on any atom is -0.384 e. The van der Waals surface area contributed by atoms with Gasteiger partial charge in [-0.25, -0.2) is 0 Å². The first-order valence-electron chi connectivity index (χ1n) is 5.59. The van der Waals surface area contributed by atoms with Crippen LogP contribution in [0.15, 0.2) is 0 Å². The molecule has 0 aromatic carbocycles. The molecule has 16 heavy (non-hydrogen) atoms. The maximum absolute atomic E-state index is 12.1. The lowest BCUT2D eigenvalue weighted by Gasteiger charge is -2.38. The van der Waals surface area contributed by atoms with E-state index in [1.165, 1.54) is 0 Å². The average Bonchev–Trinajstić information content (AvgIpc) is 2.21. The summed E-state index contributed by atoms with van der Waals surface area (Å²) in [6.45, 7) is 8.29. The van der Waals surface area contributed by atoms with Crippen LogP contribution in [-0.2, 0) is 9.53 Å². The molecule has 3 unspecified atom stereocenters. The van der Waals surface area contributed by atoms with Crippen molar-refractivity contribution in [1.29, 1.82) is 0 Å². The third-order valence-electron chi connectivity index (χ3n) is 2.89. The minimum absolute atomic E-state index is 0. The Morgan fingerprint density at radius 2 is 2.19 bits per heavy atom. The van der Waals surface area contributed by atoms with Crippen LogP contribution >= 0.6 is 12.4 Å². The van der Waals surface area contributed by atoms with Crippen LogP contribution in [0.3, 0.4) is 0 Å². The third kappa shape index (κ3) is 3.92. The smallest absolute Gasteiger partial charge is 0.228 e. The maximum Gasteiger partial charge on any atom is 0.228 e. The molecule has 5 heteroatoms. The molecule has 0 radical (unpaired) electrons. The Bertz CT molecular complexity index is 226. The summed E-state index contributed by atoms with van der Waals surface area (Å²) in [5.41, 5.74) is 0. The van der Waals surface area contributed by atoms with Gasteiger partial charge < -0.3 is 15.0 Å². The molecule has 1 aliphatic heterocycles. The number of methoxy groups -OCH3 is 1. The van der Waals surface area contributed by atoms with E-state index in [9.17, 15) is 4.79 Å². The van der Waals surface area contributed by atoms with Gasteiger partial charge in [0.05, 0.1) is 12.5 Å². The van der Waals surface area contributed by atoms with Crippen molar-refractivity contribution in [2.45, 2.75) is 32.9 Å². The normalized spacial score (nSPS) is 27.1.